The number of hydrogen-bond donors (Lipinski definition) is 0. The Morgan fingerprint density at radius 3 is 1.20 bits per heavy atom. The molecule has 0 saturated heterocycles. The Kier molecular flexibility index (Phi) is 410. The van der Waals surface area contributed by atoms with E-state index in [-0.39, 0.29) is 7.43 Å². The van der Waals surface area contributed by atoms with E-state index in [1.165, 1.54) is 0 Å². The van der Waals surface area contributed by atoms with E-state index in [9.17, 15) is 0 Å². The molecular formula is C4H11N. The zero-order valence-corrected chi connectivity index (χ0v) is 3.02. The van der Waals surface area contributed by atoms with Crippen molar-refractivity contribution in [3.05, 3.63) is 0 Å². The van der Waals surface area contributed by atoms with Crippen LogP contribution in [-0.2, 0) is 0 Å². The molecule has 0 N–H and O–H groups in total. The Balaban J connectivity index is -0.0000000133. The molecule has 0 aromatic heterocycles. The van der Waals surface area contributed by atoms with Crippen molar-refractivity contribution in [2.24, 2.45) is 0 Å². The van der Waals surface area contributed by atoms with Crippen molar-refractivity contribution < 1.29 is 0 Å². The Morgan fingerprint density at radius 2 is 1.20 bits per heavy atom. The van der Waals surface area contributed by atoms with Crippen LogP contribution in [0.1, 0.15) is 21.3 Å². The van der Waals surface area contributed by atoms with Gasteiger partial charge in [0.1, 0.15) is 0 Å². The molecule has 0 aromatic carbocycles. The van der Waals surface area contributed by atoms with Gasteiger partial charge in [-0.2, -0.15) is 0 Å². The Hall–Kier alpha value is -0.510. The van der Waals surface area contributed by atoms with E-state index in [0.29, 0.717) is 0 Å². The maximum atomic E-state index is 6.50. The lowest BCUT2D eigenvalue weighted by molar-refractivity contribution is 1.50. The summed E-state index contributed by atoms with van der Waals surface area (Å²) in [5, 5.41) is 6.50. The summed E-state index contributed by atoms with van der Waals surface area (Å²) in [6, 6.07) is 0. The van der Waals surface area contributed by atoms with Gasteiger partial charge in [0.05, 0.1) is 0 Å². The molecule has 0 spiro atoms. The molecule has 0 radical (unpaired) electrons. The van der Waals surface area contributed by atoms with Gasteiger partial charge >= 0.3 is 0 Å². The minimum atomic E-state index is 0. The largest absolute Gasteiger partial charge is 0.202 e. The van der Waals surface area contributed by atoms with Crippen molar-refractivity contribution in [2.75, 3.05) is 0 Å². The smallest absolute Gasteiger partial charge is 0.0462 e. The molecule has 0 unspecified atom stereocenters. The molecule has 1 nitrogen and oxygen atoms in total. The zero-order chi connectivity index (χ0) is 4.00. The third kappa shape index (κ3) is 29.8. The molecule has 0 atom stereocenters. The summed E-state index contributed by atoms with van der Waals surface area (Å²) < 4.78 is 0. The molecule has 32 valence electrons. The second-order valence-electron chi connectivity index (χ2n) is 0. The van der Waals surface area contributed by atoms with Crippen LogP contribution >= 0.6 is 0 Å². The highest BCUT2D eigenvalue weighted by molar-refractivity contribution is 4.03. The van der Waals surface area contributed by atoms with Crippen molar-refractivity contribution in [3.63, 3.8) is 0 Å². The number of nitrogens with zero attached hydrogens (tertiary/aromatic N) is 1. The van der Waals surface area contributed by atoms with Crippen molar-refractivity contribution in [3.8, 4) is 6.57 Å². The number of nitriles is 1. The summed E-state index contributed by atoms with van der Waals surface area (Å²) >= 11 is 0. The normalized spacial score (nSPS) is 1.60. The first-order valence-electron chi connectivity index (χ1n) is 1.26. The van der Waals surface area contributed by atoms with Crippen LogP contribution in [-0.4, -0.2) is 0 Å². The number of rotatable bonds is 0. The van der Waals surface area contributed by atoms with Crippen LogP contribution in [0.15, 0.2) is 0 Å². The van der Waals surface area contributed by atoms with Crippen LogP contribution in [0, 0.1) is 11.8 Å². The molecule has 0 aliphatic heterocycles. The first-order chi connectivity index (χ1) is 2.00. The molecule has 0 fully saturated rings. The standard InChI is InChI=1S/C2H6.CHN.CH4/c2*1-2;/h1-2H3;1H;1H4. The van der Waals surface area contributed by atoms with E-state index in [0.717, 1.165) is 0 Å². The predicted octanol–water partition coefficient (Wildman–Crippen LogP) is 1.80. The van der Waals surface area contributed by atoms with Crippen LogP contribution in [0.25, 0.3) is 0 Å². The lowest BCUT2D eigenvalue weighted by atomic mass is 11.0. The number of hydrogen-bond acceptors (Lipinski definition) is 1. The molecular weight excluding hydrogens is 62.1 g/mol. The van der Waals surface area contributed by atoms with Crippen LogP contribution in [0.4, 0.5) is 0 Å². The summed E-state index contributed by atoms with van der Waals surface area (Å²) in [4.78, 5) is 0. The molecule has 1 heteroatoms. The first kappa shape index (κ1) is 24.6. The Bertz CT molecular complexity index is 8.36. The lowest BCUT2D eigenvalue weighted by Gasteiger charge is -1.07. The summed E-state index contributed by atoms with van der Waals surface area (Å²) in [7, 11) is 0. The van der Waals surface area contributed by atoms with E-state index in [1.54, 1.807) is 0 Å². The molecule has 0 aromatic rings. The average molecular weight is 73.1 g/mol. The highest BCUT2D eigenvalue weighted by Gasteiger charge is 0.932. The van der Waals surface area contributed by atoms with E-state index in [2.05, 4.69) is 6.57 Å². The minimum Gasteiger partial charge on any atom is -0.202 e. The van der Waals surface area contributed by atoms with Gasteiger partial charge in [0, 0.05) is 6.57 Å². The Labute approximate surface area is 34.2 Å². The average Bonchev–Trinajstić information content (AvgIpc) is 1.50. The van der Waals surface area contributed by atoms with E-state index in [1.807, 2.05) is 13.8 Å². The minimum absolute atomic E-state index is 0. The monoisotopic (exact) mass is 73.1 g/mol. The second-order valence-corrected chi connectivity index (χ2v) is 0. The SMILES string of the molecule is C.C#N.CC. The molecule has 0 aliphatic carbocycles. The summed E-state index contributed by atoms with van der Waals surface area (Å²) in [6.07, 6.45) is 0. The van der Waals surface area contributed by atoms with Crippen LogP contribution in [0.3, 0.4) is 0 Å². The molecule has 5 heavy (non-hydrogen) atoms. The fraction of sp³-hybridized carbons (Fsp3) is 0.750. The van der Waals surface area contributed by atoms with Gasteiger partial charge in [0.25, 0.3) is 0 Å². The van der Waals surface area contributed by atoms with Gasteiger partial charge < -0.3 is 0 Å². The van der Waals surface area contributed by atoms with Gasteiger partial charge in [0.15, 0.2) is 0 Å². The van der Waals surface area contributed by atoms with Crippen molar-refractivity contribution in [2.45, 2.75) is 21.3 Å². The lowest BCUT2D eigenvalue weighted by Crippen LogP contribution is -0.856. The van der Waals surface area contributed by atoms with Crippen molar-refractivity contribution in [1.29, 1.82) is 5.26 Å². The van der Waals surface area contributed by atoms with Gasteiger partial charge in [-0.25, -0.2) is 5.26 Å². The van der Waals surface area contributed by atoms with E-state index in [4.69, 9.17) is 5.26 Å². The topological polar surface area (TPSA) is 23.8 Å². The maximum absolute atomic E-state index is 6.50. The molecule has 0 rings (SSSR count). The third-order valence-electron chi connectivity index (χ3n) is 0. The van der Waals surface area contributed by atoms with Crippen LogP contribution in [0.5, 0.6) is 0 Å². The van der Waals surface area contributed by atoms with Gasteiger partial charge in [-0.15, -0.1) is 0 Å². The highest BCUT2D eigenvalue weighted by atomic mass is 14.2. The Morgan fingerprint density at radius 1 is 1.20 bits per heavy atom. The second kappa shape index (κ2) is 83.2. The quantitative estimate of drug-likeness (QED) is 0.429. The van der Waals surface area contributed by atoms with Crippen molar-refractivity contribution in [1.82, 2.24) is 0 Å². The van der Waals surface area contributed by atoms with Gasteiger partial charge in [-0.3, -0.25) is 0 Å². The molecule has 0 bridgehead atoms. The fourth-order valence-corrected chi connectivity index (χ4v) is 0. The highest BCUT2D eigenvalue weighted by Crippen LogP contribution is 1.14. The van der Waals surface area contributed by atoms with Crippen molar-refractivity contribution >= 4 is 0 Å². The first-order valence-corrected chi connectivity index (χ1v) is 1.26. The summed E-state index contributed by atoms with van der Waals surface area (Å²) in [5.74, 6) is 0. The molecule has 0 heterocycles. The van der Waals surface area contributed by atoms with Crippen LogP contribution < -0.4 is 0 Å². The third-order valence-corrected chi connectivity index (χ3v) is 0. The van der Waals surface area contributed by atoms with Gasteiger partial charge in [-0.1, -0.05) is 21.3 Å². The van der Waals surface area contributed by atoms with Gasteiger partial charge in [0.2, 0.25) is 0 Å². The van der Waals surface area contributed by atoms with Crippen LogP contribution in [0.2, 0.25) is 0 Å². The summed E-state index contributed by atoms with van der Waals surface area (Å²) in [5.41, 5.74) is 0. The molecule has 0 aliphatic rings. The summed E-state index contributed by atoms with van der Waals surface area (Å²) in [6.45, 7) is 7.50. The zero-order valence-electron chi connectivity index (χ0n) is 3.02. The molecule has 0 amide bonds. The van der Waals surface area contributed by atoms with E-state index >= 15 is 0 Å². The molecule has 0 saturated carbocycles. The van der Waals surface area contributed by atoms with Gasteiger partial charge in [-0.05, 0) is 0 Å². The maximum Gasteiger partial charge on any atom is 0.0462 e. The van der Waals surface area contributed by atoms with E-state index < -0.39 is 0 Å². The fourth-order valence-electron chi connectivity index (χ4n) is 0. The predicted molar refractivity (Wildman–Crippen MR) is 24.7 cm³/mol.